The number of carbonyl (C=O) groups is 1. The maximum atomic E-state index is 11.9. The summed E-state index contributed by atoms with van der Waals surface area (Å²) in [6.45, 7) is 13.1. The molecule has 4 heteroatoms. The summed E-state index contributed by atoms with van der Waals surface area (Å²) < 4.78 is 5.75. The van der Waals surface area contributed by atoms with Gasteiger partial charge in [-0.25, -0.2) is 0 Å². The predicted octanol–water partition coefficient (Wildman–Crippen LogP) is 7.28. The van der Waals surface area contributed by atoms with Gasteiger partial charge < -0.3 is 15.0 Å². The van der Waals surface area contributed by atoms with E-state index in [1.807, 2.05) is 19.1 Å². The van der Waals surface area contributed by atoms with Crippen molar-refractivity contribution in [1.82, 2.24) is 0 Å². The second-order valence-electron chi connectivity index (χ2n) is 8.53. The average molecular weight is 419 g/mol. The summed E-state index contributed by atoms with van der Waals surface area (Å²) in [6, 6.07) is 6.04. The van der Waals surface area contributed by atoms with Crippen LogP contribution >= 0.6 is 0 Å². The van der Waals surface area contributed by atoms with Gasteiger partial charge in [-0.2, -0.15) is 0 Å². The summed E-state index contributed by atoms with van der Waals surface area (Å²) in [7, 11) is 1.74. The summed E-state index contributed by atoms with van der Waals surface area (Å²) in [6.07, 6.45) is 10.4. The van der Waals surface area contributed by atoms with Crippen molar-refractivity contribution in [2.75, 3.05) is 30.4 Å². The highest BCUT2D eigenvalue weighted by atomic mass is 16.5. The van der Waals surface area contributed by atoms with E-state index in [1.165, 1.54) is 51.4 Å². The Hall–Kier alpha value is -1.71. The number of ether oxygens (including phenoxy) is 1. The summed E-state index contributed by atoms with van der Waals surface area (Å²) in [4.78, 5) is 14.5. The van der Waals surface area contributed by atoms with Gasteiger partial charge in [0.1, 0.15) is 5.75 Å². The van der Waals surface area contributed by atoms with Crippen LogP contribution in [0.15, 0.2) is 18.2 Å². The lowest BCUT2D eigenvalue weighted by molar-refractivity contribution is -0.115. The van der Waals surface area contributed by atoms with Crippen molar-refractivity contribution in [2.24, 2.45) is 11.8 Å². The molecule has 1 amide bonds. The van der Waals surface area contributed by atoms with Crippen molar-refractivity contribution in [3.05, 3.63) is 18.2 Å². The predicted molar refractivity (Wildman–Crippen MR) is 131 cm³/mol. The minimum Gasteiger partial charge on any atom is -0.495 e. The zero-order chi connectivity index (χ0) is 22.4. The molecule has 0 radical (unpaired) electrons. The maximum Gasteiger partial charge on any atom is 0.224 e. The van der Waals surface area contributed by atoms with Crippen LogP contribution in [0.1, 0.15) is 92.4 Å². The standard InChI is InChI=1S/C26H46N2O2/c1-7-12-14-21(9-3)19-28(20-22(10-4)15-13-8-2)24-18-23(27-26(29)11-5)16-17-25(24)30-6/h16-18,21-22H,7-15,19-20H2,1-6H3,(H,27,29). The highest BCUT2D eigenvalue weighted by Gasteiger charge is 2.21. The quantitative estimate of drug-likeness (QED) is 0.306. The van der Waals surface area contributed by atoms with Crippen LogP contribution in [0.3, 0.4) is 0 Å². The van der Waals surface area contributed by atoms with Gasteiger partial charge in [0.15, 0.2) is 0 Å². The second-order valence-corrected chi connectivity index (χ2v) is 8.53. The van der Waals surface area contributed by atoms with Crippen LogP contribution in [-0.2, 0) is 4.79 Å². The molecule has 0 spiro atoms. The number of amides is 1. The van der Waals surface area contributed by atoms with Gasteiger partial charge in [-0.05, 0) is 42.9 Å². The van der Waals surface area contributed by atoms with E-state index in [4.69, 9.17) is 4.74 Å². The van der Waals surface area contributed by atoms with Gasteiger partial charge in [0.05, 0.1) is 12.8 Å². The molecule has 0 saturated heterocycles. The number of anilines is 2. The van der Waals surface area contributed by atoms with Crippen molar-refractivity contribution in [3.63, 3.8) is 0 Å². The third kappa shape index (κ3) is 8.97. The molecule has 0 aromatic heterocycles. The molecule has 1 aromatic rings. The molecule has 2 atom stereocenters. The molecule has 0 aliphatic rings. The number of carbonyl (C=O) groups excluding carboxylic acids is 1. The number of methoxy groups -OCH3 is 1. The summed E-state index contributed by atoms with van der Waals surface area (Å²) >= 11 is 0. The minimum atomic E-state index is 0.0430. The average Bonchev–Trinajstić information content (AvgIpc) is 2.77. The Kier molecular flexibility index (Phi) is 13.3. The van der Waals surface area contributed by atoms with Gasteiger partial charge in [0.25, 0.3) is 0 Å². The number of unbranched alkanes of at least 4 members (excludes halogenated alkanes) is 2. The number of nitrogens with one attached hydrogen (secondary N) is 1. The molecule has 0 heterocycles. The molecule has 1 N–H and O–H groups in total. The molecule has 0 saturated carbocycles. The van der Waals surface area contributed by atoms with Gasteiger partial charge in [-0.1, -0.05) is 73.1 Å². The molecule has 4 nitrogen and oxygen atoms in total. The van der Waals surface area contributed by atoms with Gasteiger partial charge in [0.2, 0.25) is 5.91 Å². The van der Waals surface area contributed by atoms with Crippen LogP contribution in [0.4, 0.5) is 11.4 Å². The van der Waals surface area contributed by atoms with Crippen LogP contribution in [0.2, 0.25) is 0 Å². The molecular weight excluding hydrogens is 372 g/mol. The van der Waals surface area contributed by atoms with E-state index in [1.54, 1.807) is 7.11 Å². The maximum absolute atomic E-state index is 11.9. The van der Waals surface area contributed by atoms with Gasteiger partial charge in [-0.15, -0.1) is 0 Å². The third-order valence-corrected chi connectivity index (χ3v) is 6.17. The molecule has 172 valence electrons. The lowest BCUT2D eigenvalue weighted by atomic mass is 9.95. The van der Waals surface area contributed by atoms with Gasteiger partial charge in [-0.3, -0.25) is 4.79 Å². The summed E-state index contributed by atoms with van der Waals surface area (Å²) in [5.41, 5.74) is 1.96. The minimum absolute atomic E-state index is 0.0430. The first kappa shape index (κ1) is 26.3. The van der Waals surface area contributed by atoms with Gasteiger partial charge >= 0.3 is 0 Å². The monoisotopic (exact) mass is 418 g/mol. The smallest absolute Gasteiger partial charge is 0.224 e. The lowest BCUT2D eigenvalue weighted by Crippen LogP contribution is -2.34. The number of nitrogens with zero attached hydrogens (tertiary/aromatic N) is 1. The fraction of sp³-hybridized carbons (Fsp3) is 0.731. The van der Waals surface area contributed by atoms with Crippen molar-refractivity contribution < 1.29 is 9.53 Å². The first-order valence-electron chi connectivity index (χ1n) is 12.2. The van der Waals surface area contributed by atoms with E-state index in [9.17, 15) is 4.79 Å². The molecule has 0 aliphatic carbocycles. The van der Waals surface area contributed by atoms with E-state index in [-0.39, 0.29) is 5.91 Å². The van der Waals surface area contributed by atoms with Crippen LogP contribution in [-0.4, -0.2) is 26.1 Å². The Balaban J connectivity index is 3.22. The first-order chi connectivity index (χ1) is 14.5. The van der Waals surface area contributed by atoms with E-state index < -0.39 is 0 Å². The topological polar surface area (TPSA) is 41.6 Å². The number of benzene rings is 1. The molecule has 0 bridgehead atoms. The Labute approximate surface area is 185 Å². The van der Waals surface area contributed by atoms with E-state index in [0.717, 1.165) is 30.2 Å². The van der Waals surface area contributed by atoms with E-state index in [2.05, 4.69) is 44.0 Å². The van der Waals surface area contributed by atoms with Gasteiger partial charge in [0, 0.05) is 25.2 Å². The number of rotatable bonds is 16. The zero-order valence-electron chi connectivity index (χ0n) is 20.4. The zero-order valence-corrected chi connectivity index (χ0v) is 20.4. The summed E-state index contributed by atoms with van der Waals surface area (Å²) in [5, 5.41) is 3.02. The van der Waals surface area contributed by atoms with Crippen molar-refractivity contribution >= 4 is 17.3 Å². The molecule has 0 aliphatic heterocycles. The third-order valence-electron chi connectivity index (χ3n) is 6.17. The van der Waals surface area contributed by atoms with Crippen LogP contribution in [0.25, 0.3) is 0 Å². The van der Waals surface area contributed by atoms with Crippen LogP contribution in [0, 0.1) is 11.8 Å². The highest BCUT2D eigenvalue weighted by Crippen LogP contribution is 2.34. The molecule has 0 fully saturated rings. The SMILES string of the molecule is CCCCC(CC)CN(CC(CC)CCCC)c1cc(NC(=O)CC)ccc1OC. The van der Waals surface area contributed by atoms with Crippen molar-refractivity contribution in [3.8, 4) is 5.75 Å². The fourth-order valence-electron chi connectivity index (χ4n) is 3.99. The molecule has 1 aromatic carbocycles. The number of hydrogen-bond donors (Lipinski definition) is 1. The van der Waals surface area contributed by atoms with Crippen LogP contribution < -0.4 is 15.0 Å². The van der Waals surface area contributed by atoms with Crippen molar-refractivity contribution in [1.29, 1.82) is 0 Å². The molecule has 2 unspecified atom stereocenters. The second kappa shape index (κ2) is 15.1. The Morgan fingerprint density at radius 1 is 0.967 bits per heavy atom. The molecular formula is C26H46N2O2. The normalized spacial score (nSPS) is 13.0. The first-order valence-corrected chi connectivity index (χ1v) is 12.2. The lowest BCUT2D eigenvalue weighted by Gasteiger charge is -2.33. The highest BCUT2D eigenvalue weighted by molar-refractivity contribution is 5.91. The fourth-order valence-corrected chi connectivity index (χ4v) is 3.99. The Morgan fingerprint density at radius 2 is 1.53 bits per heavy atom. The van der Waals surface area contributed by atoms with E-state index in [0.29, 0.717) is 18.3 Å². The Bertz CT molecular complexity index is 585. The molecule has 1 rings (SSSR count). The largest absolute Gasteiger partial charge is 0.495 e. The molecule has 30 heavy (non-hydrogen) atoms. The summed E-state index contributed by atoms with van der Waals surface area (Å²) in [5.74, 6) is 2.28. The van der Waals surface area contributed by atoms with E-state index >= 15 is 0 Å². The van der Waals surface area contributed by atoms with Crippen LogP contribution in [0.5, 0.6) is 5.75 Å². The number of hydrogen-bond acceptors (Lipinski definition) is 3. The Morgan fingerprint density at radius 3 is 1.97 bits per heavy atom. The van der Waals surface area contributed by atoms with Crippen molar-refractivity contribution in [2.45, 2.75) is 92.4 Å².